The summed E-state index contributed by atoms with van der Waals surface area (Å²) >= 11 is 0. The minimum absolute atomic E-state index is 0.190. The second kappa shape index (κ2) is 7.78. The van der Waals surface area contributed by atoms with Crippen LogP contribution in [0.1, 0.15) is 52.4 Å². The highest BCUT2D eigenvalue weighted by molar-refractivity contribution is 7.88. The summed E-state index contributed by atoms with van der Waals surface area (Å²) in [4.78, 5) is 11.1. The Morgan fingerprint density at radius 1 is 1.40 bits per heavy atom. The Bertz CT molecular complexity index is 456. The lowest BCUT2D eigenvalue weighted by molar-refractivity contribution is -0.137. The van der Waals surface area contributed by atoms with E-state index in [2.05, 4.69) is 6.92 Å². The topological polar surface area (TPSA) is 63.7 Å². The minimum atomic E-state index is -3.22. The molecule has 0 spiro atoms. The van der Waals surface area contributed by atoms with E-state index in [-0.39, 0.29) is 12.0 Å². The third-order valence-electron chi connectivity index (χ3n) is 3.35. The fourth-order valence-electron chi connectivity index (χ4n) is 2.43. The van der Waals surface area contributed by atoms with Crippen LogP contribution in [0, 0.1) is 0 Å². The summed E-state index contributed by atoms with van der Waals surface area (Å²) in [7, 11) is -3.22. The molecule has 1 unspecified atom stereocenters. The van der Waals surface area contributed by atoms with Crippen molar-refractivity contribution in [2.24, 2.45) is 0 Å². The Kier molecular flexibility index (Phi) is 6.68. The molecule has 0 aromatic carbocycles. The molecule has 20 heavy (non-hydrogen) atoms. The number of piperidine rings is 1. The molecule has 1 atom stereocenters. The van der Waals surface area contributed by atoms with Gasteiger partial charge in [0.25, 0.3) is 0 Å². The van der Waals surface area contributed by atoms with Gasteiger partial charge < -0.3 is 4.74 Å². The summed E-state index contributed by atoms with van der Waals surface area (Å²) in [6.45, 7) is 3.98. The Labute approximate surface area is 122 Å². The van der Waals surface area contributed by atoms with Crippen molar-refractivity contribution < 1.29 is 17.9 Å². The van der Waals surface area contributed by atoms with Crippen molar-refractivity contribution in [2.75, 3.05) is 12.8 Å². The highest BCUT2D eigenvalue weighted by Gasteiger charge is 2.28. The maximum atomic E-state index is 11.8. The van der Waals surface area contributed by atoms with Gasteiger partial charge in [-0.2, -0.15) is 4.31 Å². The average molecular weight is 303 g/mol. The second-order valence-corrected chi connectivity index (χ2v) is 7.20. The predicted octanol–water partition coefficient (Wildman–Crippen LogP) is 2.44. The van der Waals surface area contributed by atoms with E-state index >= 15 is 0 Å². The van der Waals surface area contributed by atoms with Crippen LogP contribution in [0.15, 0.2) is 11.8 Å². The number of ether oxygens (including phenoxy) is 1. The second-order valence-electron chi connectivity index (χ2n) is 5.27. The largest absolute Gasteiger partial charge is 0.432 e. The zero-order valence-electron chi connectivity index (χ0n) is 12.6. The number of hydrogen-bond donors (Lipinski definition) is 0. The van der Waals surface area contributed by atoms with Gasteiger partial charge in [0.2, 0.25) is 10.0 Å². The Hall–Kier alpha value is -0.880. The van der Waals surface area contributed by atoms with E-state index in [0.29, 0.717) is 18.7 Å². The molecule has 0 radical (unpaired) electrons. The Morgan fingerprint density at radius 3 is 2.65 bits per heavy atom. The number of allylic oxidation sites excluding steroid dienone is 1. The van der Waals surface area contributed by atoms with Crippen molar-refractivity contribution in [3.63, 3.8) is 0 Å². The number of rotatable bonds is 6. The van der Waals surface area contributed by atoms with E-state index in [0.717, 1.165) is 32.1 Å². The van der Waals surface area contributed by atoms with Crippen LogP contribution in [-0.4, -0.2) is 37.5 Å². The van der Waals surface area contributed by atoms with Crippen LogP contribution >= 0.6 is 0 Å². The first-order chi connectivity index (χ1) is 9.34. The number of nitrogens with zero attached hydrogens (tertiary/aromatic N) is 1. The fraction of sp³-hybridized carbons (Fsp3) is 0.786. The quantitative estimate of drug-likeness (QED) is 0.558. The van der Waals surface area contributed by atoms with Gasteiger partial charge in [-0.1, -0.05) is 19.8 Å². The number of hydrogen-bond acceptors (Lipinski definition) is 4. The maximum Gasteiger partial charge on any atom is 0.307 e. The monoisotopic (exact) mass is 303 g/mol. The van der Waals surface area contributed by atoms with E-state index in [1.165, 1.54) is 17.5 Å². The third kappa shape index (κ3) is 5.63. The molecule has 0 aliphatic carbocycles. The number of unbranched alkanes of at least 4 members (excludes halogenated alkanes) is 1. The predicted molar refractivity (Wildman–Crippen MR) is 78.6 cm³/mol. The fourth-order valence-corrected chi connectivity index (χ4v) is 3.55. The van der Waals surface area contributed by atoms with Gasteiger partial charge in [0.15, 0.2) is 0 Å². The van der Waals surface area contributed by atoms with E-state index < -0.39 is 10.0 Å². The zero-order valence-corrected chi connectivity index (χ0v) is 13.4. The van der Waals surface area contributed by atoms with Crippen molar-refractivity contribution in [1.82, 2.24) is 4.31 Å². The van der Waals surface area contributed by atoms with Crippen LogP contribution in [0.25, 0.3) is 0 Å². The number of esters is 1. The summed E-state index contributed by atoms with van der Waals surface area (Å²) in [5.74, 6) is 0.244. The van der Waals surface area contributed by atoms with Crippen LogP contribution in [0.5, 0.6) is 0 Å². The molecule has 0 amide bonds. The summed E-state index contributed by atoms with van der Waals surface area (Å²) < 4.78 is 30.3. The summed E-state index contributed by atoms with van der Waals surface area (Å²) in [6, 6.07) is -0.190. The standard InChI is InChI=1S/C14H25NO4S/c1-4-5-9-14(19-12(2)16)11-13-8-6-7-10-15(13)20(3,17)18/h11,13H,4-10H2,1-3H3/b14-11+. The van der Waals surface area contributed by atoms with Crippen LogP contribution in [-0.2, 0) is 19.6 Å². The molecule has 1 fully saturated rings. The molecule has 1 rings (SSSR count). The van der Waals surface area contributed by atoms with E-state index in [4.69, 9.17) is 4.74 Å². The number of carbonyl (C=O) groups is 1. The van der Waals surface area contributed by atoms with Gasteiger partial charge in [-0.3, -0.25) is 4.79 Å². The molecule has 1 aliphatic heterocycles. The Morgan fingerprint density at radius 2 is 2.10 bits per heavy atom. The molecule has 0 aromatic heterocycles. The molecule has 116 valence electrons. The van der Waals surface area contributed by atoms with Crippen LogP contribution < -0.4 is 0 Å². The van der Waals surface area contributed by atoms with Gasteiger partial charge in [0.1, 0.15) is 5.76 Å². The van der Waals surface area contributed by atoms with Crippen molar-refractivity contribution in [3.8, 4) is 0 Å². The molecule has 1 heterocycles. The molecule has 1 saturated heterocycles. The Balaban J connectivity index is 2.89. The lowest BCUT2D eigenvalue weighted by Gasteiger charge is -2.32. The maximum absolute atomic E-state index is 11.8. The van der Waals surface area contributed by atoms with Crippen molar-refractivity contribution >= 4 is 16.0 Å². The van der Waals surface area contributed by atoms with Crippen molar-refractivity contribution in [3.05, 3.63) is 11.8 Å². The van der Waals surface area contributed by atoms with E-state index in [1.807, 2.05) is 6.08 Å². The molecular weight excluding hydrogens is 278 g/mol. The van der Waals surface area contributed by atoms with Gasteiger partial charge in [-0.25, -0.2) is 8.42 Å². The first-order valence-corrected chi connectivity index (χ1v) is 9.05. The van der Waals surface area contributed by atoms with Crippen molar-refractivity contribution in [2.45, 2.75) is 58.4 Å². The molecule has 0 aromatic rings. The van der Waals surface area contributed by atoms with Crippen LogP contribution in [0.2, 0.25) is 0 Å². The van der Waals surface area contributed by atoms with Crippen LogP contribution in [0.4, 0.5) is 0 Å². The molecule has 5 nitrogen and oxygen atoms in total. The molecule has 0 saturated carbocycles. The zero-order chi connectivity index (χ0) is 15.2. The van der Waals surface area contributed by atoms with Crippen molar-refractivity contribution in [1.29, 1.82) is 0 Å². The SMILES string of the molecule is CCCC/C(=C\C1CCCCN1S(C)(=O)=O)OC(C)=O. The van der Waals surface area contributed by atoms with E-state index in [9.17, 15) is 13.2 Å². The lowest BCUT2D eigenvalue weighted by atomic mass is 10.0. The van der Waals surface area contributed by atoms with E-state index in [1.54, 1.807) is 0 Å². The molecular formula is C14H25NO4S. The summed E-state index contributed by atoms with van der Waals surface area (Å²) in [5.41, 5.74) is 0. The first-order valence-electron chi connectivity index (χ1n) is 7.20. The van der Waals surface area contributed by atoms with Crippen LogP contribution in [0.3, 0.4) is 0 Å². The molecule has 6 heteroatoms. The summed E-state index contributed by atoms with van der Waals surface area (Å²) in [6.07, 6.45) is 8.30. The molecule has 0 bridgehead atoms. The normalized spacial score (nSPS) is 21.8. The molecule has 1 aliphatic rings. The third-order valence-corrected chi connectivity index (χ3v) is 4.66. The van der Waals surface area contributed by atoms with Gasteiger partial charge >= 0.3 is 5.97 Å². The first kappa shape index (κ1) is 17.2. The summed E-state index contributed by atoms with van der Waals surface area (Å²) in [5, 5.41) is 0. The minimum Gasteiger partial charge on any atom is -0.432 e. The molecule has 0 N–H and O–H groups in total. The highest BCUT2D eigenvalue weighted by atomic mass is 32.2. The van der Waals surface area contributed by atoms with Gasteiger partial charge in [-0.15, -0.1) is 0 Å². The lowest BCUT2D eigenvalue weighted by Crippen LogP contribution is -2.42. The number of sulfonamides is 1. The smallest absolute Gasteiger partial charge is 0.307 e. The number of carbonyl (C=O) groups excluding carboxylic acids is 1. The van der Waals surface area contributed by atoms with Gasteiger partial charge in [-0.05, 0) is 25.3 Å². The van der Waals surface area contributed by atoms with Gasteiger partial charge in [0.05, 0.1) is 6.26 Å². The highest BCUT2D eigenvalue weighted by Crippen LogP contribution is 2.23. The van der Waals surface area contributed by atoms with Gasteiger partial charge in [0, 0.05) is 25.9 Å². The average Bonchev–Trinajstić information content (AvgIpc) is 2.34.